The number of fused-ring (bicyclic) bond motifs is 1. The van der Waals surface area contributed by atoms with Crippen molar-refractivity contribution in [2.75, 3.05) is 19.0 Å². The Morgan fingerprint density at radius 3 is 3.07 bits per heavy atom. The number of benzene rings is 1. The molecule has 3 N–H and O–H groups in total. The van der Waals surface area contributed by atoms with E-state index >= 15 is 0 Å². The molecule has 0 fully saturated rings. The van der Waals surface area contributed by atoms with Gasteiger partial charge in [0.05, 0.1) is 13.0 Å². The molecular weight excluding hydrogens is 192 g/mol. The fourth-order valence-electron chi connectivity index (χ4n) is 1.77. The largest absolute Gasteiger partial charge is 0.497 e. The van der Waals surface area contributed by atoms with Crippen LogP contribution in [0.4, 0.5) is 5.69 Å². The minimum atomic E-state index is -0.121. The third kappa shape index (κ3) is 1.80. The Labute approximate surface area is 88.4 Å². The van der Waals surface area contributed by atoms with E-state index < -0.39 is 0 Å². The summed E-state index contributed by atoms with van der Waals surface area (Å²) in [7, 11) is 1.63. The lowest BCUT2D eigenvalue weighted by Gasteiger charge is -2.23. The van der Waals surface area contributed by atoms with E-state index in [0.717, 1.165) is 17.0 Å². The molecule has 0 aliphatic carbocycles. The summed E-state index contributed by atoms with van der Waals surface area (Å²) in [5.74, 6) is 0.695. The summed E-state index contributed by atoms with van der Waals surface area (Å²) >= 11 is 0. The van der Waals surface area contributed by atoms with Crippen LogP contribution in [-0.2, 0) is 11.2 Å². The molecule has 0 saturated carbocycles. The van der Waals surface area contributed by atoms with Gasteiger partial charge in [0, 0.05) is 12.2 Å². The average molecular weight is 206 g/mol. The molecule has 80 valence electrons. The van der Waals surface area contributed by atoms with Crippen molar-refractivity contribution < 1.29 is 9.53 Å². The van der Waals surface area contributed by atoms with Crippen LogP contribution in [0.5, 0.6) is 5.75 Å². The SMILES string of the molecule is COc1ccc2c(c1)CC(CN)C(=O)N2. The molecule has 1 aromatic carbocycles. The molecule has 0 aromatic heterocycles. The molecule has 4 nitrogen and oxygen atoms in total. The van der Waals surface area contributed by atoms with E-state index in [1.54, 1.807) is 7.11 Å². The number of carbonyl (C=O) groups is 1. The molecule has 15 heavy (non-hydrogen) atoms. The maximum Gasteiger partial charge on any atom is 0.229 e. The number of methoxy groups -OCH3 is 1. The van der Waals surface area contributed by atoms with E-state index in [4.69, 9.17) is 10.5 Å². The molecule has 4 heteroatoms. The lowest BCUT2D eigenvalue weighted by molar-refractivity contribution is -0.119. The number of hydrogen-bond donors (Lipinski definition) is 2. The number of hydrogen-bond acceptors (Lipinski definition) is 3. The topological polar surface area (TPSA) is 64.3 Å². The fraction of sp³-hybridized carbons (Fsp3) is 0.364. The van der Waals surface area contributed by atoms with Crippen molar-refractivity contribution in [1.29, 1.82) is 0 Å². The zero-order valence-corrected chi connectivity index (χ0v) is 8.62. The highest BCUT2D eigenvalue weighted by atomic mass is 16.5. The molecule has 0 spiro atoms. The van der Waals surface area contributed by atoms with Crippen LogP contribution in [0.15, 0.2) is 18.2 Å². The van der Waals surface area contributed by atoms with Gasteiger partial charge in [0.2, 0.25) is 5.91 Å². The summed E-state index contributed by atoms with van der Waals surface area (Å²) in [4.78, 5) is 11.5. The van der Waals surface area contributed by atoms with E-state index in [0.29, 0.717) is 13.0 Å². The van der Waals surface area contributed by atoms with Crippen LogP contribution in [0.25, 0.3) is 0 Å². The van der Waals surface area contributed by atoms with Crippen LogP contribution in [0.1, 0.15) is 5.56 Å². The van der Waals surface area contributed by atoms with Gasteiger partial charge in [-0.15, -0.1) is 0 Å². The van der Waals surface area contributed by atoms with Gasteiger partial charge in [-0.1, -0.05) is 0 Å². The van der Waals surface area contributed by atoms with Gasteiger partial charge in [-0.05, 0) is 30.2 Å². The minimum absolute atomic E-state index is 0.00941. The van der Waals surface area contributed by atoms with Crippen LogP contribution in [-0.4, -0.2) is 19.6 Å². The quantitative estimate of drug-likeness (QED) is 0.751. The summed E-state index contributed by atoms with van der Waals surface area (Å²) in [5, 5.41) is 2.84. The highest BCUT2D eigenvalue weighted by Gasteiger charge is 2.24. The molecule has 1 aliphatic rings. The molecular formula is C11H14N2O2. The van der Waals surface area contributed by atoms with Gasteiger partial charge in [0.15, 0.2) is 0 Å². The van der Waals surface area contributed by atoms with Gasteiger partial charge in [0.25, 0.3) is 0 Å². The number of nitrogens with two attached hydrogens (primary N) is 1. The fourth-order valence-corrected chi connectivity index (χ4v) is 1.77. The van der Waals surface area contributed by atoms with Crippen molar-refractivity contribution in [1.82, 2.24) is 0 Å². The highest BCUT2D eigenvalue weighted by Crippen LogP contribution is 2.28. The molecule has 1 amide bonds. The maximum atomic E-state index is 11.5. The summed E-state index contributed by atoms with van der Waals surface area (Å²) < 4.78 is 5.13. The first-order valence-electron chi connectivity index (χ1n) is 4.92. The molecule has 0 bridgehead atoms. The Balaban J connectivity index is 2.33. The number of carbonyl (C=O) groups excluding carboxylic acids is 1. The second-order valence-corrected chi connectivity index (χ2v) is 3.65. The molecule has 0 saturated heterocycles. The predicted octanol–water partition coefficient (Wildman–Crippen LogP) is 0.765. The average Bonchev–Trinajstić information content (AvgIpc) is 2.27. The molecule has 2 rings (SSSR count). The summed E-state index contributed by atoms with van der Waals surface area (Å²) in [6.45, 7) is 0.377. The number of anilines is 1. The molecule has 0 radical (unpaired) electrons. The second-order valence-electron chi connectivity index (χ2n) is 3.65. The number of nitrogens with one attached hydrogen (secondary N) is 1. The first-order chi connectivity index (χ1) is 7.24. The van der Waals surface area contributed by atoms with Crippen LogP contribution in [0.3, 0.4) is 0 Å². The van der Waals surface area contributed by atoms with Crippen molar-refractivity contribution >= 4 is 11.6 Å². The van der Waals surface area contributed by atoms with Crippen molar-refractivity contribution in [2.45, 2.75) is 6.42 Å². The minimum Gasteiger partial charge on any atom is -0.497 e. The molecule has 1 atom stereocenters. The maximum absolute atomic E-state index is 11.5. The van der Waals surface area contributed by atoms with Crippen LogP contribution in [0, 0.1) is 5.92 Å². The predicted molar refractivity (Wildman–Crippen MR) is 57.9 cm³/mol. The van der Waals surface area contributed by atoms with Crippen LogP contribution in [0.2, 0.25) is 0 Å². The van der Waals surface area contributed by atoms with Gasteiger partial charge in [0.1, 0.15) is 5.75 Å². The van der Waals surface area contributed by atoms with E-state index in [-0.39, 0.29) is 11.8 Å². The van der Waals surface area contributed by atoms with Crippen molar-refractivity contribution in [2.24, 2.45) is 11.7 Å². The standard InChI is InChI=1S/C11H14N2O2/c1-15-9-2-3-10-7(5-9)4-8(6-12)11(14)13-10/h2-3,5,8H,4,6,12H2,1H3,(H,13,14). The van der Waals surface area contributed by atoms with Crippen LogP contribution < -0.4 is 15.8 Å². The summed E-state index contributed by atoms with van der Waals surface area (Å²) in [6.07, 6.45) is 0.689. The zero-order chi connectivity index (χ0) is 10.8. The third-order valence-corrected chi connectivity index (χ3v) is 2.69. The summed E-state index contributed by atoms with van der Waals surface area (Å²) in [5.41, 5.74) is 7.48. The van der Waals surface area contributed by atoms with E-state index in [9.17, 15) is 4.79 Å². The molecule has 1 unspecified atom stereocenters. The van der Waals surface area contributed by atoms with Crippen LogP contribution >= 0.6 is 0 Å². The van der Waals surface area contributed by atoms with E-state index in [1.165, 1.54) is 0 Å². The Kier molecular flexibility index (Phi) is 2.60. The normalized spacial score (nSPS) is 19.3. The highest BCUT2D eigenvalue weighted by molar-refractivity contribution is 5.96. The van der Waals surface area contributed by atoms with Gasteiger partial charge < -0.3 is 15.8 Å². The smallest absolute Gasteiger partial charge is 0.229 e. The number of amides is 1. The molecule has 1 heterocycles. The Morgan fingerprint density at radius 1 is 1.60 bits per heavy atom. The molecule has 1 aromatic rings. The Bertz CT molecular complexity index is 390. The first-order valence-corrected chi connectivity index (χ1v) is 4.92. The monoisotopic (exact) mass is 206 g/mol. The van der Waals surface area contributed by atoms with Crippen molar-refractivity contribution in [3.63, 3.8) is 0 Å². The van der Waals surface area contributed by atoms with Crippen molar-refractivity contribution in [3.05, 3.63) is 23.8 Å². The number of rotatable bonds is 2. The second kappa shape index (κ2) is 3.90. The third-order valence-electron chi connectivity index (χ3n) is 2.69. The zero-order valence-electron chi connectivity index (χ0n) is 8.62. The lowest BCUT2D eigenvalue weighted by Crippen LogP contribution is -2.34. The van der Waals surface area contributed by atoms with Gasteiger partial charge in [-0.3, -0.25) is 4.79 Å². The number of ether oxygens (including phenoxy) is 1. The van der Waals surface area contributed by atoms with Crippen molar-refractivity contribution in [3.8, 4) is 5.75 Å². The van der Waals surface area contributed by atoms with Gasteiger partial charge in [-0.25, -0.2) is 0 Å². The van der Waals surface area contributed by atoms with Gasteiger partial charge >= 0.3 is 0 Å². The van der Waals surface area contributed by atoms with Gasteiger partial charge in [-0.2, -0.15) is 0 Å². The molecule has 1 aliphatic heterocycles. The summed E-state index contributed by atoms with van der Waals surface area (Å²) in [6, 6.07) is 5.64. The Hall–Kier alpha value is -1.55. The lowest BCUT2D eigenvalue weighted by atomic mass is 9.93. The van der Waals surface area contributed by atoms with E-state index in [1.807, 2.05) is 18.2 Å². The Morgan fingerprint density at radius 2 is 2.40 bits per heavy atom. The first kappa shape index (κ1) is 9.98. The van der Waals surface area contributed by atoms with E-state index in [2.05, 4.69) is 5.32 Å².